The van der Waals surface area contributed by atoms with Crippen molar-refractivity contribution < 1.29 is 0 Å². The predicted molar refractivity (Wildman–Crippen MR) is 88.5 cm³/mol. The molecule has 1 fully saturated rings. The number of hydrogen-bond acceptors (Lipinski definition) is 4. The Balaban J connectivity index is 1.56. The molecule has 0 spiro atoms. The third kappa shape index (κ3) is 2.83. The van der Waals surface area contributed by atoms with Gasteiger partial charge in [-0.3, -0.25) is 0 Å². The number of anilines is 2. The smallest absolute Gasteiger partial charge is 0.190 e. The van der Waals surface area contributed by atoms with Gasteiger partial charge in [0, 0.05) is 35.9 Å². The Bertz CT molecular complexity index is 645. The first-order valence-corrected chi connectivity index (χ1v) is 8.66. The molecule has 1 aromatic carbocycles. The fourth-order valence-corrected chi connectivity index (χ4v) is 3.86. The summed E-state index contributed by atoms with van der Waals surface area (Å²) in [5, 5.41) is 4.71. The Morgan fingerprint density at radius 3 is 3.14 bits per heavy atom. The molecule has 2 aromatic rings. The monoisotopic (exact) mass is 299 g/mol. The highest BCUT2D eigenvalue weighted by atomic mass is 32.1. The molecule has 0 saturated heterocycles. The average Bonchev–Trinajstić information content (AvgIpc) is 3.21. The quantitative estimate of drug-likeness (QED) is 0.931. The Morgan fingerprint density at radius 1 is 1.38 bits per heavy atom. The molecule has 0 radical (unpaired) electrons. The van der Waals surface area contributed by atoms with Crippen molar-refractivity contribution in [3.63, 3.8) is 0 Å². The Labute approximate surface area is 130 Å². The van der Waals surface area contributed by atoms with E-state index in [9.17, 15) is 0 Å². The van der Waals surface area contributed by atoms with Crippen LogP contribution in [0.15, 0.2) is 24.4 Å². The van der Waals surface area contributed by atoms with E-state index < -0.39 is 0 Å². The summed E-state index contributed by atoms with van der Waals surface area (Å²) in [5.41, 5.74) is 4.17. The molecule has 3 nitrogen and oxygen atoms in total. The molecule has 0 unspecified atom stereocenters. The first-order valence-electron chi connectivity index (χ1n) is 7.85. The zero-order valence-electron chi connectivity index (χ0n) is 12.4. The van der Waals surface area contributed by atoms with Gasteiger partial charge in [0.2, 0.25) is 0 Å². The van der Waals surface area contributed by atoms with Gasteiger partial charge in [-0.1, -0.05) is 17.7 Å². The molecule has 2 aliphatic rings. The molecule has 110 valence electrons. The van der Waals surface area contributed by atoms with Crippen LogP contribution in [-0.2, 0) is 13.0 Å². The zero-order valence-corrected chi connectivity index (χ0v) is 13.2. The number of hydrogen-bond donors (Lipinski definition) is 1. The van der Waals surface area contributed by atoms with Gasteiger partial charge in [-0.2, -0.15) is 0 Å². The lowest BCUT2D eigenvalue weighted by molar-refractivity contribution is 0.694. The topological polar surface area (TPSA) is 28.2 Å². The standard InChI is InChI=1S/C17H21N3S/c1-12-4-7-16-13(9-12)3-2-8-20(16)17-19-11-15(21-17)10-18-14-5-6-14/h4,7,9,11,14,18H,2-3,5-6,8,10H2,1H3. The van der Waals surface area contributed by atoms with E-state index >= 15 is 0 Å². The van der Waals surface area contributed by atoms with E-state index in [4.69, 9.17) is 0 Å². The molecule has 4 rings (SSSR count). The van der Waals surface area contributed by atoms with Crippen molar-refractivity contribution in [2.75, 3.05) is 11.4 Å². The Kier molecular flexibility index (Phi) is 3.43. The molecule has 4 heteroatoms. The number of fused-ring (bicyclic) bond motifs is 1. The van der Waals surface area contributed by atoms with Crippen LogP contribution in [0.25, 0.3) is 0 Å². The number of thiazole rings is 1. The van der Waals surface area contributed by atoms with Gasteiger partial charge in [-0.05, 0) is 44.2 Å². The average molecular weight is 299 g/mol. The van der Waals surface area contributed by atoms with Crippen molar-refractivity contribution in [1.82, 2.24) is 10.3 Å². The van der Waals surface area contributed by atoms with E-state index in [0.29, 0.717) is 0 Å². The van der Waals surface area contributed by atoms with Crippen molar-refractivity contribution in [3.8, 4) is 0 Å². The van der Waals surface area contributed by atoms with Crippen molar-refractivity contribution in [2.45, 2.75) is 45.2 Å². The lowest BCUT2D eigenvalue weighted by atomic mass is 10.0. The van der Waals surface area contributed by atoms with E-state index in [0.717, 1.165) is 24.3 Å². The fourth-order valence-electron chi connectivity index (χ4n) is 2.96. The molecular formula is C17H21N3S. The van der Waals surface area contributed by atoms with Gasteiger partial charge in [-0.25, -0.2) is 4.98 Å². The second kappa shape index (κ2) is 5.43. The third-order valence-corrected chi connectivity index (χ3v) is 5.29. The summed E-state index contributed by atoms with van der Waals surface area (Å²) in [4.78, 5) is 8.40. The van der Waals surface area contributed by atoms with E-state index in [1.165, 1.54) is 47.4 Å². The molecule has 1 saturated carbocycles. The van der Waals surface area contributed by atoms with Crippen LogP contribution in [0.1, 0.15) is 35.3 Å². The summed E-state index contributed by atoms with van der Waals surface area (Å²) < 4.78 is 0. The van der Waals surface area contributed by atoms with Crippen LogP contribution in [0.5, 0.6) is 0 Å². The summed E-state index contributed by atoms with van der Waals surface area (Å²) in [6, 6.07) is 7.55. The van der Waals surface area contributed by atoms with Crippen molar-refractivity contribution in [1.29, 1.82) is 0 Å². The van der Waals surface area contributed by atoms with Crippen molar-refractivity contribution >= 4 is 22.2 Å². The highest BCUT2D eigenvalue weighted by molar-refractivity contribution is 7.15. The second-order valence-electron chi connectivity index (χ2n) is 6.15. The van der Waals surface area contributed by atoms with Crippen LogP contribution in [-0.4, -0.2) is 17.6 Å². The SMILES string of the molecule is Cc1ccc2c(c1)CCCN2c1ncc(CNC2CC2)s1. The highest BCUT2D eigenvalue weighted by Crippen LogP contribution is 2.36. The van der Waals surface area contributed by atoms with Crippen LogP contribution in [0.3, 0.4) is 0 Å². The highest BCUT2D eigenvalue weighted by Gasteiger charge is 2.22. The summed E-state index contributed by atoms with van der Waals surface area (Å²) in [6.45, 7) is 4.22. The Morgan fingerprint density at radius 2 is 2.29 bits per heavy atom. The number of aromatic nitrogens is 1. The summed E-state index contributed by atoms with van der Waals surface area (Å²) in [6.07, 6.45) is 7.12. The molecule has 0 atom stereocenters. The lowest BCUT2D eigenvalue weighted by Gasteiger charge is -2.29. The summed E-state index contributed by atoms with van der Waals surface area (Å²) in [7, 11) is 0. The largest absolute Gasteiger partial charge is 0.318 e. The molecular weight excluding hydrogens is 278 g/mol. The lowest BCUT2D eigenvalue weighted by Crippen LogP contribution is -2.24. The van der Waals surface area contributed by atoms with Gasteiger partial charge in [0.25, 0.3) is 0 Å². The first-order chi connectivity index (χ1) is 10.3. The minimum absolute atomic E-state index is 0.759. The normalized spacial score (nSPS) is 17.9. The maximum absolute atomic E-state index is 4.66. The Hall–Kier alpha value is -1.39. The van der Waals surface area contributed by atoms with Crippen LogP contribution >= 0.6 is 11.3 Å². The molecule has 21 heavy (non-hydrogen) atoms. The second-order valence-corrected chi connectivity index (χ2v) is 7.25. The minimum atomic E-state index is 0.759. The van der Waals surface area contributed by atoms with Gasteiger partial charge >= 0.3 is 0 Å². The van der Waals surface area contributed by atoms with E-state index in [2.05, 4.69) is 40.3 Å². The first kappa shape index (κ1) is 13.3. The molecule has 0 amide bonds. The van der Waals surface area contributed by atoms with Crippen LogP contribution in [0.2, 0.25) is 0 Å². The van der Waals surface area contributed by atoms with Gasteiger partial charge in [0.1, 0.15) is 0 Å². The molecule has 1 N–H and O–H groups in total. The summed E-state index contributed by atoms with van der Waals surface area (Å²) in [5.74, 6) is 0. The molecule has 2 heterocycles. The number of aryl methyl sites for hydroxylation is 2. The van der Waals surface area contributed by atoms with Gasteiger partial charge in [0.15, 0.2) is 5.13 Å². The van der Waals surface area contributed by atoms with Crippen molar-refractivity contribution in [2.24, 2.45) is 0 Å². The minimum Gasteiger partial charge on any atom is -0.318 e. The maximum atomic E-state index is 4.66. The fraction of sp³-hybridized carbons (Fsp3) is 0.471. The zero-order chi connectivity index (χ0) is 14.2. The van der Waals surface area contributed by atoms with Gasteiger partial charge < -0.3 is 10.2 Å². The van der Waals surface area contributed by atoms with Gasteiger partial charge in [-0.15, -0.1) is 11.3 Å². The molecule has 1 aliphatic carbocycles. The van der Waals surface area contributed by atoms with Crippen molar-refractivity contribution in [3.05, 3.63) is 40.4 Å². The summed E-state index contributed by atoms with van der Waals surface area (Å²) >= 11 is 1.83. The predicted octanol–water partition coefficient (Wildman–Crippen LogP) is 3.79. The molecule has 0 bridgehead atoms. The van der Waals surface area contributed by atoms with E-state index in [1.54, 1.807) is 0 Å². The van der Waals surface area contributed by atoms with Crippen LogP contribution in [0.4, 0.5) is 10.8 Å². The maximum Gasteiger partial charge on any atom is 0.190 e. The van der Waals surface area contributed by atoms with Gasteiger partial charge in [0.05, 0.1) is 0 Å². The third-order valence-electron chi connectivity index (χ3n) is 4.27. The molecule has 1 aliphatic heterocycles. The molecule has 1 aromatic heterocycles. The number of nitrogens with one attached hydrogen (secondary N) is 1. The number of nitrogens with zero attached hydrogens (tertiary/aromatic N) is 2. The number of rotatable bonds is 4. The van der Waals surface area contributed by atoms with Crippen LogP contribution in [0, 0.1) is 6.92 Å². The van der Waals surface area contributed by atoms with E-state index in [1.807, 2.05) is 17.5 Å². The van der Waals surface area contributed by atoms with Crippen LogP contribution < -0.4 is 10.2 Å². The van der Waals surface area contributed by atoms with E-state index in [-0.39, 0.29) is 0 Å². The number of benzene rings is 1.